The van der Waals surface area contributed by atoms with Crippen LogP contribution in [0.2, 0.25) is 0 Å². The van der Waals surface area contributed by atoms with Gasteiger partial charge < -0.3 is 15.4 Å². The first-order chi connectivity index (χ1) is 14.4. The molecule has 3 aromatic rings. The van der Waals surface area contributed by atoms with E-state index in [2.05, 4.69) is 10.6 Å². The fourth-order valence-corrected chi connectivity index (χ4v) is 4.24. The lowest BCUT2D eigenvalue weighted by Crippen LogP contribution is -2.23. The average Bonchev–Trinajstić information content (AvgIpc) is 3.12. The van der Waals surface area contributed by atoms with E-state index in [1.807, 2.05) is 38.1 Å². The zero-order valence-electron chi connectivity index (χ0n) is 17.3. The Kier molecular flexibility index (Phi) is 7.18. The van der Waals surface area contributed by atoms with Crippen molar-refractivity contribution in [2.24, 2.45) is 5.92 Å². The highest BCUT2D eigenvalue weighted by molar-refractivity contribution is 7.21. The maximum absolute atomic E-state index is 14.3. The summed E-state index contributed by atoms with van der Waals surface area (Å²) in [6.45, 7) is 4.29. The van der Waals surface area contributed by atoms with Gasteiger partial charge in [-0.15, -0.1) is 11.3 Å². The van der Waals surface area contributed by atoms with Gasteiger partial charge in [0, 0.05) is 40.9 Å². The minimum absolute atomic E-state index is 0.0322. The molecule has 0 aliphatic rings. The van der Waals surface area contributed by atoms with Gasteiger partial charge in [0.25, 0.3) is 5.91 Å². The summed E-state index contributed by atoms with van der Waals surface area (Å²) in [5.74, 6) is -0.743. The van der Waals surface area contributed by atoms with Crippen LogP contribution in [0.15, 0.2) is 42.5 Å². The number of halogens is 1. The van der Waals surface area contributed by atoms with Crippen LogP contribution in [-0.2, 0) is 22.7 Å². The maximum Gasteiger partial charge on any atom is 0.262 e. The van der Waals surface area contributed by atoms with Crippen molar-refractivity contribution in [1.82, 2.24) is 5.32 Å². The van der Waals surface area contributed by atoms with Crippen molar-refractivity contribution in [3.63, 3.8) is 0 Å². The van der Waals surface area contributed by atoms with E-state index in [-0.39, 0.29) is 36.7 Å². The molecular weight excluding hydrogens is 403 g/mol. The van der Waals surface area contributed by atoms with E-state index in [4.69, 9.17) is 4.74 Å². The third kappa shape index (κ3) is 4.86. The van der Waals surface area contributed by atoms with Crippen molar-refractivity contribution in [2.75, 3.05) is 12.4 Å². The second kappa shape index (κ2) is 9.82. The maximum atomic E-state index is 14.3. The van der Waals surface area contributed by atoms with Crippen molar-refractivity contribution in [1.29, 1.82) is 0 Å². The number of hydrogen-bond acceptors (Lipinski definition) is 4. The Bertz CT molecular complexity index is 1060. The van der Waals surface area contributed by atoms with Crippen molar-refractivity contribution in [3.05, 3.63) is 64.3 Å². The SMILES string of the molecule is CCC(C)C(=O)Nc1cccc(CNC(=O)c2sc3cccc(F)c3c2COC)c1. The van der Waals surface area contributed by atoms with Crippen molar-refractivity contribution < 1.29 is 18.7 Å². The Hall–Kier alpha value is -2.77. The second-order valence-corrected chi connectivity index (χ2v) is 8.19. The second-order valence-electron chi connectivity index (χ2n) is 7.14. The van der Waals surface area contributed by atoms with Crippen molar-refractivity contribution >= 4 is 38.9 Å². The molecule has 158 valence electrons. The van der Waals surface area contributed by atoms with E-state index >= 15 is 0 Å². The predicted molar refractivity (Wildman–Crippen MR) is 118 cm³/mol. The van der Waals surface area contributed by atoms with Crippen LogP contribution in [0.25, 0.3) is 10.1 Å². The van der Waals surface area contributed by atoms with E-state index in [1.165, 1.54) is 24.5 Å². The summed E-state index contributed by atoms with van der Waals surface area (Å²) >= 11 is 1.25. The molecule has 7 heteroatoms. The Balaban J connectivity index is 1.75. The molecular formula is C23H25FN2O3S. The molecule has 30 heavy (non-hydrogen) atoms. The molecule has 0 bridgehead atoms. The predicted octanol–water partition coefficient (Wildman–Crippen LogP) is 5.10. The summed E-state index contributed by atoms with van der Waals surface area (Å²) in [5.41, 5.74) is 2.10. The largest absolute Gasteiger partial charge is 0.380 e. The minimum atomic E-state index is -0.361. The molecule has 5 nitrogen and oxygen atoms in total. The van der Waals surface area contributed by atoms with E-state index in [0.717, 1.165) is 12.0 Å². The molecule has 0 spiro atoms. The summed E-state index contributed by atoms with van der Waals surface area (Å²) in [5, 5.41) is 6.22. The van der Waals surface area contributed by atoms with Gasteiger partial charge in [-0.1, -0.05) is 32.0 Å². The number of fused-ring (bicyclic) bond motifs is 1. The number of benzene rings is 2. The third-order valence-corrected chi connectivity index (χ3v) is 6.16. The third-order valence-electron chi connectivity index (χ3n) is 4.97. The average molecular weight is 429 g/mol. The lowest BCUT2D eigenvalue weighted by atomic mass is 10.1. The highest BCUT2D eigenvalue weighted by Crippen LogP contribution is 2.33. The molecule has 2 amide bonds. The molecule has 0 saturated heterocycles. The summed E-state index contributed by atoms with van der Waals surface area (Å²) in [4.78, 5) is 25.4. The number of carbonyl (C=O) groups excluding carboxylic acids is 2. The van der Waals surface area contributed by atoms with Crippen LogP contribution >= 0.6 is 11.3 Å². The minimum Gasteiger partial charge on any atom is -0.380 e. The number of rotatable bonds is 8. The first-order valence-electron chi connectivity index (χ1n) is 9.81. The van der Waals surface area contributed by atoms with Crippen LogP contribution in [0.1, 0.15) is 41.1 Å². The Morgan fingerprint density at radius 1 is 1.20 bits per heavy atom. The van der Waals surface area contributed by atoms with Gasteiger partial charge in [-0.25, -0.2) is 4.39 Å². The smallest absolute Gasteiger partial charge is 0.262 e. The molecule has 0 saturated carbocycles. The number of hydrogen-bond donors (Lipinski definition) is 2. The molecule has 2 aromatic carbocycles. The van der Waals surface area contributed by atoms with Crippen LogP contribution in [-0.4, -0.2) is 18.9 Å². The van der Waals surface area contributed by atoms with Crippen LogP contribution < -0.4 is 10.6 Å². The Morgan fingerprint density at radius 3 is 2.70 bits per heavy atom. The van der Waals surface area contributed by atoms with Crippen LogP contribution in [0.4, 0.5) is 10.1 Å². The van der Waals surface area contributed by atoms with Gasteiger partial charge in [0.15, 0.2) is 0 Å². The first kappa shape index (κ1) is 21.9. The monoisotopic (exact) mass is 428 g/mol. The van der Waals surface area contributed by atoms with Gasteiger partial charge >= 0.3 is 0 Å². The van der Waals surface area contributed by atoms with Gasteiger partial charge in [0.2, 0.25) is 5.91 Å². The van der Waals surface area contributed by atoms with E-state index in [0.29, 0.717) is 26.2 Å². The number of anilines is 1. The molecule has 3 rings (SSSR count). The number of amides is 2. The zero-order valence-corrected chi connectivity index (χ0v) is 18.1. The fourth-order valence-electron chi connectivity index (χ4n) is 3.11. The lowest BCUT2D eigenvalue weighted by molar-refractivity contribution is -0.119. The van der Waals surface area contributed by atoms with Gasteiger partial charge in [-0.3, -0.25) is 9.59 Å². The van der Waals surface area contributed by atoms with Gasteiger partial charge in [-0.2, -0.15) is 0 Å². The highest BCUT2D eigenvalue weighted by atomic mass is 32.1. The summed E-state index contributed by atoms with van der Waals surface area (Å²) in [6.07, 6.45) is 0.765. The number of nitrogens with one attached hydrogen (secondary N) is 2. The quantitative estimate of drug-likeness (QED) is 0.524. The Morgan fingerprint density at radius 2 is 1.97 bits per heavy atom. The molecule has 1 aromatic heterocycles. The molecule has 1 unspecified atom stereocenters. The number of methoxy groups -OCH3 is 1. The van der Waals surface area contributed by atoms with Crippen molar-refractivity contribution in [3.8, 4) is 0 Å². The standard InChI is InChI=1S/C23H25FN2O3S/c1-4-14(2)22(27)26-16-8-5-7-15(11-16)12-25-23(28)21-17(13-29-3)20-18(24)9-6-10-19(20)30-21/h5-11,14H,4,12-13H2,1-3H3,(H,25,28)(H,26,27). The van der Waals surface area contributed by atoms with Crippen LogP contribution in [0.3, 0.4) is 0 Å². The van der Waals surface area contributed by atoms with E-state index in [1.54, 1.807) is 12.1 Å². The van der Waals surface area contributed by atoms with Gasteiger partial charge in [0.1, 0.15) is 5.82 Å². The van der Waals surface area contributed by atoms with Crippen LogP contribution in [0.5, 0.6) is 0 Å². The fraction of sp³-hybridized carbons (Fsp3) is 0.304. The zero-order chi connectivity index (χ0) is 21.7. The van der Waals surface area contributed by atoms with E-state index in [9.17, 15) is 14.0 Å². The molecule has 1 heterocycles. The normalized spacial score (nSPS) is 12.0. The molecule has 0 radical (unpaired) electrons. The molecule has 2 N–H and O–H groups in total. The number of thiophene rings is 1. The van der Waals surface area contributed by atoms with Crippen molar-refractivity contribution in [2.45, 2.75) is 33.4 Å². The Labute approximate surface area is 179 Å². The molecule has 0 fully saturated rings. The summed E-state index contributed by atoms with van der Waals surface area (Å²) < 4.78 is 20.2. The highest BCUT2D eigenvalue weighted by Gasteiger charge is 2.20. The van der Waals surface area contributed by atoms with Crippen LogP contribution in [0, 0.1) is 11.7 Å². The topological polar surface area (TPSA) is 67.4 Å². The number of carbonyl (C=O) groups is 2. The van der Waals surface area contributed by atoms with Gasteiger partial charge in [-0.05, 0) is 36.2 Å². The first-order valence-corrected chi connectivity index (χ1v) is 10.6. The van der Waals surface area contributed by atoms with Gasteiger partial charge in [0.05, 0.1) is 11.5 Å². The molecule has 0 aliphatic heterocycles. The number of ether oxygens (including phenoxy) is 1. The lowest BCUT2D eigenvalue weighted by Gasteiger charge is -2.11. The summed E-state index contributed by atoms with van der Waals surface area (Å²) in [7, 11) is 1.52. The summed E-state index contributed by atoms with van der Waals surface area (Å²) in [6, 6.07) is 12.2. The molecule has 0 aliphatic carbocycles. The molecule has 1 atom stereocenters. The van der Waals surface area contributed by atoms with E-state index < -0.39 is 0 Å².